The summed E-state index contributed by atoms with van der Waals surface area (Å²) < 4.78 is 37.8. The minimum Gasteiger partial charge on any atom is -0.342 e. The number of hydrogen-bond donors (Lipinski definition) is 1. The highest BCUT2D eigenvalue weighted by atomic mass is 32.2. The molecule has 0 saturated carbocycles. The van der Waals surface area contributed by atoms with Crippen molar-refractivity contribution >= 4 is 21.6 Å². The summed E-state index contributed by atoms with van der Waals surface area (Å²) in [6.07, 6.45) is 0. The maximum atomic E-state index is 12.7. The van der Waals surface area contributed by atoms with Gasteiger partial charge in [0.05, 0.1) is 17.5 Å². The number of sulfonamides is 1. The van der Waals surface area contributed by atoms with Gasteiger partial charge in [0.15, 0.2) is 5.83 Å². The SMILES string of the molecule is C=C(F)C(=O)NC1CS(=O)(=O)N(C)c2ccccc21. The van der Waals surface area contributed by atoms with Crippen LogP contribution in [0.15, 0.2) is 36.7 Å². The molecule has 1 aromatic carbocycles. The van der Waals surface area contributed by atoms with E-state index in [-0.39, 0.29) is 5.75 Å². The van der Waals surface area contributed by atoms with Crippen molar-refractivity contribution in [1.82, 2.24) is 5.32 Å². The van der Waals surface area contributed by atoms with Crippen LogP contribution < -0.4 is 9.62 Å². The molecule has 102 valence electrons. The topological polar surface area (TPSA) is 66.5 Å². The number of nitrogens with zero attached hydrogens (tertiary/aromatic N) is 1. The van der Waals surface area contributed by atoms with Crippen molar-refractivity contribution in [3.05, 3.63) is 42.2 Å². The van der Waals surface area contributed by atoms with Crippen LogP contribution in [-0.4, -0.2) is 27.1 Å². The maximum absolute atomic E-state index is 12.7. The molecule has 0 radical (unpaired) electrons. The first-order chi connectivity index (χ1) is 8.83. The number of benzene rings is 1. The Morgan fingerprint density at radius 3 is 2.74 bits per heavy atom. The molecule has 7 heteroatoms. The lowest BCUT2D eigenvalue weighted by Gasteiger charge is -2.32. The van der Waals surface area contributed by atoms with Gasteiger partial charge in [0.25, 0.3) is 5.91 Å². The van der Waals surface area contributed by atoms with Crippen molar-refractivity contribution in [2.75, 3.05) is 17.1 Å². The number of anilines is 1. The van der Waals surface area contributed by atoms with E-state index < -0.39 is 27.8 Å². The number of carbonyl (C=O) groups is 1. The number of nitrogens with one attached hydrogen (secondary N) is 1. The first kappa shape index (κ1) is 13.5. The zero-order valence-electron chi connectivity index (χ0n) is 10.3. The van der Waals surface area contributed by atoms with Gasteiger partial charge in [-0.25, -0.2) is 12.8 Å². The third-order valence-corrected chi connectivity index (χ3v) is 4.78. The number of rotatable bonds is 2. The Labute approximate surface area is 110 Å². The van der Waals surface area contributed by atoms with Crippen molar-refractivity contribution in [2.45, 2.75) is 6.04 Å². The maximum Gasteiger partial charge on any atom is 0.279 e. The predicted molar refractivity (Wildman–Crippen MR) is 69.8 cm³/mol. The van der Waals surface area contributed by atoms with Crippen molar-refractivity contribution in [1.29, 1.82) is 0 Å². The Bertz CT molecular complexity index is 642. The fourth-order valence-corrected chi connectivity index (χ4v) is 3.36. The molecule has 5 nitrogen and oxygen atoms in total. The van der Waals surface area contributed by atoms with E-state index in [1.54, 1.807) is 24.3 Å². The van der Waals surface area contributed by atoms with Gasteiger partial charge in [-0.05, 0) is 11.6 Å². The van der Waals surface area contributed by atoms with Crippen molar-refractivity contribution in [2.24, 2.45) is 0 Å². The molecular formula is C12H13FN2O3S. The minimum absolute atomic E-state index is 0.306. The highest BCUT2D eigenvalue weighted by Gasteiger charge is 2.34. The summed E-state index contributed by atoms with van der Waals surface area (Å²) in [6, 6.07) is 5.98. The van der Waals surface area contributed by atoms with E-state index in [1.165, 1.54) is 7.05 Å². The van der Waals surface area contributed by atoms with Gasteiger partial charge in [-0.1, -0.05) is 24.8 Å². The van der Waals surface area contributed by atoms with Crippen LogP contribution in [0.2, 0.25) is 0 Å². The zero-order chi connectivity index (χ0) is 14.2. The van der Waals surface area contributed by atoms with Crippen LogP contribution >= 0.6 is 0 Å². The van der Waals surface area contributed by atoms with Gasteiger partial charge < -0.3 is 5.32 Å². The first-order valence-corrected chi connectivity index (χ1v) is 7.14. The van der Waals surface area contributed by atoms with Gasteiger partial charge in [0.2, 0.25) is 10.0 Å². The number of fused-ring (bicyclic) bond motifs is 1. The highest BCUT2D eigenvalue weighted by molar-refractivity contribution is 7.92. The molecule has 0 aromatic heterocycles. The molecule has 19 heavy (non-hydrogen) atoms. The van der Waals surface area contributed by atoms with E-state index in [9.17, 15) is 17.6 Å². The fourth-order valence-electron chi connectivity index (χ4n) is 1.99. The number of halogens is 1. The lowest BCUT2D eigenvalue weighted by Crippen LogP contribution is -2.43. The zero-order valence-corrected chi connectivity index (χ0v) is 11.1. The van der Waals surface area contributed by atoms with Crippen LogP contribution in [0.25, 0.3) is 0 Å². The number of carbonyl (C=O) groups excluding carboxylic acids is 1. The molecule has 1 atom stereocenters. The molecule has 0 saturated heterocycles. The van der Waals surface area contributed by atoms with Crippen molar-refractivity contribution < 1.29 is 17.6 Å². The predicted octanol–water partition coefficient (Wildman–Crippen LogP) is 1.11. The molecule has 0 spiro atoms. The summed E-state index contributed by atoms with van der Waals surface area (Å²) >= 11 is 0. The normalized spacial score (nSPS) is 20.5. The van der Waals surface area contributed by atoms with Crippen LogP contribution in [-0.2, 0) is 14.8 Å². The van der Waals surface area contributed by atoms with E-state index >= 15 is 0 Å². The molecule has 1 aliphatic rings. The lowest BCUT2D eigenvalue weighted by molar-refractivity contribution is -0.119. The number of amides is 1. The molecule has 1 N–H and O–H groups in total. The van der Waals surface area contributed by atoms with Gasteiger partial charge in [0.1, 0.15) is 0 Å². The van der Waals surface area contributed by atoms with E-state index in [4.69, 9.17) is 0 Å². The van der Waals surface area contributed by atoms with E-state index in [0.29, 0.717) is 11.3 Å². The van der Waals surface area contributed by atoms with E-state index in [1.807, 2.05) is 0 Å². The summed E-state index contributed by atoms with van der Waals surface area (Å²) in [5, 5.41) is 2.33. The summed E-state index contributed by atoms with van der Waals surface area (Å²) in [4.78, 5) is 11.3. The molecular weight excluding hydrogens is 271 g/mol. The summed E-state index contributed by atoms with van der Waals surface area (Å²) in [7, 11) is -2.08. The van der Waals surface area contributed by atoms with Gasteiger partial charge in [0, 0.05) is 7.05 Å². The molecule has 0 aliphatic carbocycles. The minimum atomic E-state index is -3.53. The number of para-hydroxylation sites is 1. The second kappa shape index (κ2) is 4.65. The average molecular weight is 284 g/mol. The lowest BCUT2D eigenvalue weighted by atomic mass is 10.1. The third-order valence-electron chi connectivity index (χ3n) is 3.00. The second-order valence-corrected chi connectivity index (χ2v) is 6.28. The second-order valence-electron chi connectivity index (χ2n) is 4.24. The van der Waals surface area contributed by atoms with E-state index in [2.05, 4.69) is 11.9 Å². The molecule has 2 rings (SSSR count). The highest BCUT2D eigenvalue weighted by Crippen LogP contribution is 2.33. The average Bonchev–Trinajstić information content (AvgIpc) is 2.35. The molecule has 1 aromatic rings. The summed E-state index contributed by atoms with van der Waals surface area (Å²) in [6.45, 7) is 2.89. The molecule has 1 unspecified atom stereocenters. The smallest absolute Gasteiger partial charge is 0.279 e. The largest absolute Gasteiger partial charge is 0.342 e. The van der Waals surface area contributed by atoms with Crippen LogP contribution in [0.1, 0.15) is 11.6 Å². The monoisotopic (exact) mass is 284 g/mol. The van der Waals surface area contributed by atoms with Crippen LogP contribution in [0.5, 0.6) is 0 Å². The van der Waals surface area contributed by atoms with E-state index in [0.717, 1.165) is 4.31 Å². The van der Waals surface area contributed by atoms with Gasteiger partial charge in [-0.15, -0.1) is 0 Å². The fraction of sp³-hybridized carbons (Fsp3) is 0.250. The summed E-state index contributed by atoms with van der Waals surface area (Å²) in [5.74, 6) is -2.45. The Hall–Kier alpha value is -1.89. The third kappa shape index (κ3) is 2.46. The van der Waals surface area contributed by atoms with Gasteiger partial charge in [-0.3, -0.25) is 9.10 Å². The molecule has 0 fully saturated rings. The Kier molecular flexibility index (Phi) is 3.32. The Morgan fingerprint density at radius 1 is 1.47 bits per heavy atom. The van der Waals surface area contributed by atoms with Crippen LogP contribution in [0.4, 0.5) is 10.1 Å². The Morgan fingerprint density at radius 2 is 2.11 bits per heavy atom. The quantitative estimate of drug-likeness (QED) is 0.827. The van der Waals surface area contributed by atoms with Gasteiger partial charge in [-0.2, -0.15) is 0 Å². The first-order valence-electron chi connectivity index (χ1n) is 5.54. The number of hydrogen-bond acceptors (Lipinski definition) is 3. The summed E-state index contributed by atoms with van der Waals surface area (Å²) in [5.41, 5.74) is 1.11. The van der Waals surface area contributed by atoms with Crippen LogP contribution in [0, 0.1) is 0 Å². The molecule has 1 aliphatic heterocycles. The Balaban J connectivity index is 2.43. The van der Waals surface area contributed by atoms with Gasteiger partial charge >= 0.3 is 0 Å². The van der Waals surface area contributed by atoms with Crippen molar-refractivity contribution in [3.63, 3.8) is 0 Å². The molecule has 1 heterocycles. The van der Waals surface area contributed by atoms with Crippen molar-refractivity contribution in [3.8, 4) is 0 Å². The standard InChI is InChI=1S/C12H13FN2O3S/c1-8(13)12(16)14-10-7-19(17,18)15(2)11-6-4-3-5-9(10)11/h3-6,10H,1,7H2,2H3,(H,14,16). The van der Waals surface area contributed by atoms with Crippen LogP contribution in [0.3, 0.4) is 0 Å². The molecule has 1 amide bonds. The molecule has 0 bridgehead atoms.